The molecule has 0 heterocycles. The zero-order valence-electron chi connectivity index (χ0n) is 13.7. The second kappa shape index (κ2) is 8.92. The number of ether oxygens (including phenoxy) is 1. The van der Waals surface area contributed by atoms with Crippen LogP contribution in [0.2, 0.25) is 10.0 Å². The molecule has 0 aliphatic heterocycles. The van der Waals surface area contributed by atoms with E-state index in [0.29, 0.717) is 28.9 Å². The van der Waals surface area contributed by atoms with Crippen molar-refractivity contribution >= 4 is 34.8 Å². The molecule has 2 aromatic rings. The van der Waals surface area contributed by atoms with Gasteiger partial charge in [0, 0.05) is 6.54 Å². The monoisotopic (exact) mass is 366 g/mol. The highest BCUT2D eigenvalue weighted by atomic mass is 35.5. The Kier molecular flexibility index (Phi) is 6.91. The summed E-state index contributed by atoms with van der Waals surface area (Å²) in [6, 6.07) is 12.9. The molecule has 0 saturated carbocycles. The maximum atomic E-state index is 12.2. The van der Waals surface area contributed by atoms with Gasteiger partial charge in [0.15, 0.2) is 0 Å². The number of carbonyl (C=O) groups excluding carboxylic acids is 1. The maximum absolute atomic E-state index is 12.2. The maximum Gasteiger partial charge on any atom is 0.238 e. The van der Waals surface area contributed by atoms with E-state index in [1.54, 1.807) is 18.2 Å². The van der Waals surface area contributed by atoms with E-state index < -0.39 is 0 Å². The minimum absolute atomic E-state index is 0.168. The molecule has 24 heavy (non-hydrogen) atoms. The molecule has 2 aromatic carbocycles. The SMILES string of the molecule is CCOc1ccc(CN(C)CC(=O)Nc2c(Cl)cccc2Cl)cc1. The zero-order chi connectivity index (χ0) is 17.5. The Morgan fingerprint density at radius 1 is 1.12 bits per heavy atom. The normalized spacial score (nSPS) is 10.7. The van der Waals surface area contributed by atoms with Crippen LogP contribution in [0.25, 0.3) is 0 Å². The van der Waals surface area contributed by atoms with Crippen LogP contribution in [-0.4, -0.2) is 31.0 Å². The number of likely N-dealkylation sites (N-methyl/N-ethyl adjacent to an activating group) is 1. The van der Waals surface area contributed by atoms with E-state index in [4.69, 9.17) is 27.9 Å². The van der Waals surface area contributed by atoms with E-state index in [1.807, 2.05) is 43.1 Å². The van der Waals surface area contributed by atoms with Crippen molar-refractivity contribution in [2.24, 2.45) is 0 Å². The Morgan fingerprint density at radius 3 is 2.33 bits per heavy atom. The number of carbonyl (C=O) groups is 1. The third-order valence-corrected chi connectivity index (χ3v) is 3.96. The van der Waals surface area contributed by atoms with E-state index in [-0.39, 0.29) is 12.5 Å². The summed E-state index contributed by atoms with van der Waals surface area (Å²) in [5.74, 6) is 0.674. The van der Waals surface area contributed by atoms with Gasteiger partial charge in [-0.1, -0.05) is 41.4 Å². The number of rotatable bonds is 7. The van der Waals surface area contributed by atoms with Crippen LogP contribution in [0.5, 0.6) is 5.75 Å². The molecule has 0 atom stereocenters. The smallest absolute Gasteiger partial charge is 0.238 e. The van der Waals surface area contributed by atoms with E-state index in [2.05, 4.69) is 5.32 Å². The van der Waals surface area contributed by atoms with Crippen molar-refractivity contribution < 1.29 is 9.53 Å². The topological polar surface area (TPSA) is 41.6 Å². The van der Waals surface area contributed by atoms with E-state index in [1.165, 1.54) is 0 Å². The van der Waals surface area contributed by atoms with Gasteiger partial charge in [0.25, 0.3) is 0 Å². The molecule has 0 bridgehead atoms. The third kappa shape index (κ3) is 5.41. The van der Waals surface area contributed by atoms with Crippen molar-refractivity contribution in [1.29, 1.82) is 0 Å². The van der Waals surface area contributed by atoms with Crippen LogP contribution in [0, 0.1) is 0 Å². The van der Waals surface area contributed by atoms with Crippen molar-refractivity contribution in [3.05, 3.63) is 58.1 Å². The van der Waals surface area contributed by atoms with E-state index >= 15 is 0 Å². The number of nitrogens with zero attached hydrogens (tertiary/aromatic N) is 1. The number of para-hydroxylation sites is 1. The fourth-order valence-electron chi connectivity index (χ4n) is 2.27. The van der Waals surface area contributed by atoms with Crippen molar-refractivity contribution in [2.45, 2.75) is 13.5 Å². The fourth-order valence-corrected chi connectivity index (χ4v) is 2.76. The number of anilines is 1. The number of hydrogen-bond acceptors (Lipinski definition) is 3. The minimum atomic E-state index is -0.168. The van der Waals surface area contributed by atoms with Crippen molar-refractivity contribution in [2.75, 3.05) is 25.5 Å². The van der Waals surface area contributed by atoms with Gasteiger partial charge in [0.05, 0.1) is 28.9 Å². The summed E-state index contributed by atoms with van der Waals surface area (Å²) >= 11 is 12.1. The Labute approximate surface area is 152 Å². The second-order valence-electron chi connectivity index (χ2n) is 5.39. The number of nitrogens with one attached hydrogen (secondary N) is 1. The molecule has 1 amide bonds. The van der Waals surface area contributed by atoms with Gasteiger partial charge in [-0.25, -0.2) is 0 Å². The summed E-state index contributed by atoms with van der Waals surface area (Å²) in [4.78, 5) is 14.1. The summed E-state index contributed by atoms with van der Waals surface area (Å²) in [6.07, 6.45) is 0. The molecule has 0 aliphatic rings. The van der Waals surface area contributed by atoms with Gasteiger partial charge in [-0.2, -0.15) is 0 Å². The first-order valence-electron chi connectivity index (χ1n) is 7.63. The molecule has 0 saturated heterocycles. The first-order chi connectivity index (χ1) is 11.5. The molecular weight excluding hydrogens is 347 g/mol. The predicted octanol–water partition coefficient (Wildman–Crippen LogP) is 4.46. The van der Waals surface area contributed by atoms with Crippen LogP contribution in [0.15, 0.2) is 42.5 Å². The summed E-state index contributed by atoms with van der Waals surface area (Å²) in [6.45, 7) is 3.47. The molecule has 0 aromatic heterocycles. The Bertz CT molecular complexity index is 670. The van der Waals surface area contributed by atoms with Gasteiger partial charge < -0.3 is 10.1 Å². The number of amides is 1. The Hall–Kier alpha value is -1.75. The van der Waals surface area contributed by atoms with Crippen molar-refractivity contribution in [1.82, 2.24) is 4.90 Å². The predicted molar refractivity (Wildman–Crippen MR) is 99.0 cm³/mol. The van der Waals surface area contributed by atoms with Gasteiger partial charge in [-0.05, 0) is 43.8 Å². The molecule has 6 heteroatoms. The van der Waals surface area contributed by atoms with Crippen LogP contribution in [0.4, 0.5) is 5.69 Å². The molecule has 128 valence electrons. The van der Waals surface area contributed by atoms with Crippen LogP contribution in [0.3, 0.4) is 0 Å². The van der Waals surface area contributed by atoms with E-state index in [0.717, 1.165) is 11.3 Å². The Morgan fingerprint density at radius 2 is 1.75 bits per heavy atom. The van der Waals surface area contributed by atoms with Crippen molar-refractivity contribution in [3.8, 4) is 5.75 Å². The average Bonchev–Trinajstić information content (AvgIpc) is 2.53. The lowest BCUT2D eigenvalue weighted by Crippen LogP contribution is -2.30. The Balaban J connectivity index is 1.89. The standard InChI is InChI=1S/C18H20Cl2N2O2/c1-3-24-14-9-7-13(8-10-14)11-22(2)12-17(23)21-18-15(19)5-4-6-16(18)20/h4-10H,3,11-12H2,1-2H3,(H,21,23). The lowest BCUT2D eigenvalue weighted by atomic mass is 10.2. The lowest BCUT2D eigenvalue weighted by molar-refractivity contribution is -0.117. The second-order valence-corrected chi connectivity index (χ2v) is 6.21. The summed E-state index contributed by atoms with van der Waals surface area (Å²) in [5, 5.41) is 3.60. The van der Waals surface area contributed by atoms with Crippen LogP contribution in [0.1, 0.15) is 12.5 Å². The van der Waals surface area contributed by atoms with Gasteiger partial charge >= 0.3 is 0 Å². The largest absolute Gasteiger partial charge is 0.494 e. The summed E-state index contributed by atoms with van der Waals surface area (Å²) in [5.41, 5.74) is 1.55. The minimum Gasteiger partial charge on any atom is -0.494 e. The highest BCUT2D eigenvalue weighted by Crippen LogP contribution is 2.29. The van der Waals surface area contributed by atoms with Crippen LogP contribution < -0.4 is 10.1 Å². The lowest BCUT2D eigenvalue weighted by Gasteiger charge is -2.17. The molecular formula is C18H20Cl2N2O2. The number of hydrogen-bond donors (Lipinski definition) is 1. The molecule has 2 rings (SSSR count). The fraction of sp³-hybridized carbons (Fsp3) is 0.278. The van der Waals surface area contributed by atoms with Gasteiger partial charge in [0.1, 0.15) is 5.75 Å². The van der Waals surface area contributed by atoms with Gasteiger partial charge in [0.2, 0.25) is 5.91 Å². The molecule has 0 spiro atoms. The molecule has 0 radical (unpaired) electrons. The number of benzene rings is 2. The van der Waals surface area contributed by atoms with Crippen LogP contribution in [-0.2, 0) is 11.3 Å². The zero-order valence-corrected chi connectivity index (χ0v) is 15.2. The summed E-state index contributed by atoms with van der Waals surface area (Å²) in [7, 11) is 1.88. The van der Waals surface area contributed by atoms with Gasteiger partial charge in [-0.15, -0.1) is 0 Å². The van der Waals surface area contributed by atoms with Crippen LogP contribution >= 0.6 is 23.2 Å². The molecule has 0 unspecified atom stereocenters. The number of halogens is 2. The molecule has 0 aliphatic carbocycles. The molecule has 4 nitrogen and oxygen atoms in total. The highest BCUT2D eigenvalue weighted by molar-refractivity contribution is 6.39. The van der Waals surface area contributed by atoms with E-state index in [9.17, 15) is 4.79 Å². The van der Waals surface area contributed by atoms with Crippen molar-refractivity contribution in [3.63, 3.8) is 0 Å². The summed E-state index contributed by atoms with van der Waals surface area (Å²) < 4.78 is 5.42. The molecule has 0 fully saturated rings. The molecule has 1 N–H and O–H groups in total. The average molecular weight is 367 g/mol. The third-order valence-electron chi connectivity index (χ3n) is 3.33. The highest BCUT2D eigenvalue weighted by Gasteiger charge is 2.12. The van der Waals surface area contributed by atoms with Gasteiger partial charge in [-0.3, -0.25) is 9.69 Å². The quantitative estimate of drug-likeness (QED) is 0.786. The first kappa shape index (κ1) is 18.6. The first-order valence-corrected chi connectivity index (χ1v) is 8.39.